The summed E-state index contributed by atoms with van der Waals surface area (Å²) in [6, 6.07) is 9.06. The standard InChI is InChI=1S/C15H14BrF2N/c1-9-3-4-12(17)8-14(9)15(19-2)10-5-11(16)7-13(18)6-10/h3-8,15,19H,1-2H3. The van der Waals surface area contributed by atoms with Crippen LogP contribution in [0.25, 0.3) is 0 Å². The molecule has 2 aromatic carbocycles. The lowest BCUT2D eigenvalue weighted by Gasteiger charge is -2.20. The van der Waals surface area contributed by atoms with Crippen LogP contribution in [0.1, 0.15) is 22.7 Å². The molecule has 0 aliphatic heterocycles. The lowest BCUT2D eigenvalue weighted by molar-refractivity contribution is 0.606. The maximum atomic E-state index is 13.5. The monoisotopic (exact) mass is 325 g/mol. The molecule has 0 aliphatic carbocycles. The van der Waals surface area contributed by atoms with Crippen LogP contribution in [0.3, 0.4) is 0 Å². The number of nitrogens with one attached hydrogen (secondary N) is 1. The molecule has 1 nitrogen and oxygen atoms in total. The van der Waals surface area contributed by atoms with E-state index >= 15 is 0 Å². The fourth-order valence-electron chi connectivity index (χ4n) is 2.17. The number of benzene rings is 2. The minimum atomic E-state index is -0.321. The van der Waals surface area contributed by atoms with E-state index in [-0.39, 0.29) is 17.7 Å². The average molecular weight is 326 g/mol. The SMILES string of the molecule is CNC(c1cc(F)cc(Br)c1)c1cc(F)ccc1C. The summed E-state index contributed by atoms with van der Waals surface area (Å²) in [6.45, 7) is 1.91. The van der Waals surface area contributed by atoms with Crippen LogP contribution in [-0.4, -0.2) is 7.05 Å². The lowest BCUT2D eigenvalue weighted by Crippen LogP contribution is -2.19. The van der Waals surface area contributed by atoms with Crippen molar-refractivity contribution in [2.45, 2.75) is 13.0 Å². The highest BCUT2D eigenvalue weighted by atomic mass is 79.9. The highest BCUT2D eigenvalue weighted by Gasteiger charge is 2.16. The first kappa shape index (κ1) is 14.2. The second-order valence-electron chi connectivity index (χ2n) is 4.43. The fraction of sp³-hybridized carbons (Fsp3) is 0.200. The van der Waals surface area contributed by atoms with Crippen molar-refractivity contribution in [3.8, 4) is 0 Å². The number of halogens is 3. The summed E-state index contributed by atoms with van der Waals surface area (Å²) in [4.78, 5) is 0. The van der Waals surface area contributed by atoms with Gasteiger partial charge in [0.25, 0.3) is 0 Å². The molecule has 0 radical (unpaired) electrons. The predicted molar refractivity (Wildman–Crippen MR) is 76.1 cm³/mol. The Balaban J connectivity index is 2.52. The zero-order valence-electron chi connectivity index (χ0n) is 10.7. The van der Waals surface area contributed by atoms with Gasteiger partial charge in [0, 0.05) is 4.47 Å². The summed E-state index contributed by atoms with van der Waals surface area (Å²) in [5, 5.41) is 3.10. The van der Waals surface area contributed by atoms with Crippen molar-refractivity contribution < 1.29 is 8.78 Å². The van der Waals surface area contributed by atoms with Gasteiger partial charge >= 0.3 is 0 Å². The van der Waals surface area contributed by atoms with E-state index in [1.807, 2.05) is 13.0 Å². The van der Waals surface area contributed by atoms with Gasteiger partial charge in [-0.25, -0.2) is 8.78 Å². The molecule has 19 heavy (non-hydrogen) atoms. The van der Waals surface area contributed by atoms with E-state index < -0.39 is 0 Å². The van der Waals surface area contributed by atoms with Gasteiger partial charge in [0.2, 0.25) is 0 Å². The smallest absolute Gasteiger partial charge is 0.124 e. The summed E-state index contributed by atoms with van der Waals surface area (Å²) in [7, 11) is 1.77. The summed E-state index contributed by atoms with van der Waals surface area (Å²) in [6.07, 6.45) is 0. The Morgan fingerprint density at radius 2 is 1.79 bits per heavy atom. The van der Waals surface area contributed by atoms with Crippen molar-refractivity contribution in [1.82, 2.24) is 5.32 Å². The van der Waals surface area contributed by atoms with Gasteiger partial charge in [0.15, 0.2) is 0 Å². The molecular weight excluding hydrogens is 312 g/mol. The van der Waals surface area contributed by atoms with Gasteiger partial charge in [-0.3, -0.25) is 0 Å². The number of rotatable bonds is 3. The van der Waals surface area contributed by atoms with Crippen molar-refractivity contribution in [3.63, 3.8) is 0 Å². The molecule has 0 bridgehead atoms. The highest BCUT2D eigenvalue weighted by molar-refractivity contribution is 9.10. The largest absolute Gasteiger partial charge is 0.309 e. The van der Waals surface area contributed by atoms with E-state index in [9.17, 15) is 8.78 Å². The maximum absolute atomic E-state index is 13.5. The first-order chi connectivity index (χ1) is 9.01. The van der Waals surface area contributed by atoms with Gasteiger partial charge in [-0.15, -0.1) is 0 Å². The predicted octanol–water partition coefficient (Wildman–Crippen LogP) is 4.34. The Hall–Kier alpha value is -1.26. The van der Waals surface area contributed by atoms with Gasteiger partial charge < -0.3 is 5.32 Å². The van der Waals surface area contributed by atoms with Crippen LogP contribution in [0.5, 0.6) is 0 Å². The molecule has 100 valence electrons. The molecule has 0 saturated heterocycles. The molecule has 0 saturated carbocycles. The Kier molecular flexibility index (Phi) is 4.32. The average Bonchev–Trinajstić information content (AvgIpc) is 2.33. The maximum Gasteiger partial charge on any atom is 0.124 e. The summed E-state index contributed by atoms with van der Waals surface area (Å²) < 4.78 is 27.6. The Bertz CT molecular complexity index is 578. The van der Waals surface area contributed by atoms with Gasteiger partial charge in [-0.2, -0.15) is 0 Å². The van der Waals surface area contributed by atoms with E-state index in [0.29, 0.717) is 4.47 Å². The zero-order valence-corrected chi connectivity index (χ0v) is 12.3. The van der Waals surface area contributed by atoms with E-state index in [1.165, 1.54) is 24.3 Å². The first-order valence-electron chi connectivity index (χ1n) is 5.90. The number of hydrogen-bond acceptors (Lipinski definition) is 1. The van der Waals surface area contributed by atoms with Crippen molar-refractivity contribution in [2.75, 3.05) is 7.05 Å². The third-order valence-electron chi connectivity index (χ3n) is 3.06. The van der Waals surface area contributed by atoms with E-state index in [1.54, 1.807) is 13.1 Å². The second kappa shape index (κ2) is 5.80. The molecule has 0 fully saturated rings. The minimum Gasteiger partial charge on any atom is -0.309 e. The molecule has 0 amide bonds. The van der Waals surface area contributed by atoms with Gasteiger partial charge in [0.1, 0.15) is 11.6 Å². The highest BCUT2D eigenvalue weighted by Crippen LogP contribution is 2.28. The van der Waals surface area contributed by atoms with Gasteiger partial charge in [0.05, 0.1) is 6.04 Å². The summed E-state index contributed by atoms with van der Waals surface area (Å²) >= 11 is 3.27. The molecule has 0 aliphatic rings. The van der Waals surface area contributed by atoms with Gasteiger partial charge in [-0.05, 0) is 61.0 Å². The van der Waals surface area contributed by atoms with E-state index in [2.05, 4.69) is 21.2 Å². The molecule has 2 rings (SSSR count). The van der Waals surface area contributed by atoms with Crippen LogP contribution in [-0.2, 0) is 0 Å². The van der Waals surface area contributed by atoms with Crippen molar-refractivity contribution in [2.24, 2.45) is 0 Å². The van der Waals surface area contributed by atoms with Crippen molar-refractivity contribution >= 4 is 15.9 Å². The molecule has 1 atom stereocenters. The summed E-state index contributed by atoms with van der Waals surface area (Å²) in [5.74, 6) is -0.616. The Morgan fingerprint density at radius 1 is 1.05 bits per heavy atom. The molecule has 2 aromatic rings. The molecule has 0 heterocycles. The normalized spacial score (nSPS) is 12.5. The number of hydrogen-bond donors (Lipinski definition) is 1. The molecular formula is C15H14BrF2N. The number of aryl methyl sites for hydroxylation is 1. The first-order valence-corrected chi connectivity index (χ1v) is 6.70. The zero-order chi connectivity index (χ0) is 14.0. The molecule has 1 N–H and O–H groups in total. The molecule has 0 spiro atoms. The van der Waals surface area contributed by atoms with Crippen LogP contribution in [0, 0.1) is 18.6 Å². The molecule has 4 heteroatoms. The molecule has 1 unspecified atom stereocenters. The lowest BCUT2D eigenvalue weighted by atomic mass is 9.95. The minimum absolute atomic E-state index is 0.248. The fourth-order valence-corrected chi connectivity index (χ4v) is 2.65. The Labute approximate surface area is 119 Å². The third kappa shape index (κ3) is 3.19. The van der Waals surface area contributed by atoms with Crippen molar-refractivity contribution in [1.29, 1.82) is 0 Å². The van der Waals surface area contributed by atoms with Crippen molar-refractivity contribution in [3.05, 3.63) is 69.2 Å². The van der Waals surface area contributed by atoms with E-state index in [4.69, 9.17) is 0 Å². The summed E-state index contributed by atoms with van der Waals surface area (Å²) in [5.41, 5.74) is 2.52. The van der Waals surface area contributed by atoms with Crippen LogP contribution in [0.4, 0.5) is 8.78 Å². The van der Waals surface area contributed by atoms with E-state index in [0.717, 1.165) is 16.7 Å². The van der Waals surface area contributed by atoms with Crippen LogP contribution in [0.2, 0.25) is 0 Å². The topological polar surface area (TPSA) is 12.0 Å². The second-order valence-corrected chi connectivity index (χ2v) is 5.34. The Morgan fingerprint density at radius 3 is 2.42 bits per heavy atom. The van der Waals surface area contributed by atoms with Crippen LogP contribution >= 0.6 is 15.9 Å². The van der Waals surface area contributed by atoms with Gasteiger partial charge in [-0.1, -0.05) is 22.0 Å². The van der Waals surface area contributed by atoms with Crippen LogP contribution < -0.4 is 5.32 Å². The third-order valence-corrected chi connectivity index (χ3v) is 3.52. The molecule has 0 aromatic heterocycles. The quantitative estimate of drug-likeness (QED) is 0.884. The van der Waals surface area contributed by atoms with Crippen LogP contribution in [0.15, 0.2) is 40.9 Å².